The van der Waals surface area contributed by atoms with Crippen LogP contribution in [0.2, 0.25) is 72.5 Å². The fourth-order valence-corrected chi connectivity index (χ4v) is 18.8. The molecule has 16 saturated heterocycles. The second-order valence-corrected chi connectivity index (χ2v) is 58.2. The van der Waals surface area contributed by atoms with Gasteiger partial charge in [0.15, 0.2) is 108 Å². The first-order valence-corrected chi connectivity index (χ1v) is 53.8. The van der Waals surface area contributed by atoms with E-state index in [4.69, 9.17) is 112 Å². The Morgan fingerprint density at radius 2 is 0.517 bits per heavy atom. The minimum absolute atomic E-state index is 0.00959. The summed E-state index contributed by atoms with van der Waals surface area (Å²) in [5, 5.41) is -1.32. The minimum atomic E-state index is -2.81. The normalized spacial score (nSPS) is 37.0. The van der Waals surface area contributed by atoms with E-state index in [1.165, 1.54) is 40.7 Å². The molecule has 0 N–H and O–H groups in total. The van der Waals surface area contributed by atoms with Crippen molar-refractivity contribution in [1.82, 2.24) is 0 Å². The molecule has 0 radical (unpaired) electrons. The lowest BCUT2D eigenvalue weighted by molar-refractivity contribution is -0.397. The average Bonchev–Trinajstić information content (AvgIpc) is 0.755. The average molecular weight is 1750 g/mol. The molecule has 0 saturated carbocycles. The van der Waals surface area contributed by atoms with Crippen LogP contribution in [0.1, 0.15) is 186 Å². The summed E-state index contributed by atoms with van der Waals surface area (Å²) in [7, 11) is -10.8. The summed E-state index contributed by atoms with van der Waals surface area (Å²) in [6, 6.07) is 0. The zero-order chi connectivity index (χ0) is 89.0. The van der Waals surface area contributed by atoms with Crippen molar-refractivity contribution in [2.75, 3.05) is 33.0 Å². The van der Waals surface area contributed by atoms with E-state index >= 15 is 0 Å². The maximum Gasteiger partial charge on any atom is 0.303 e. The highest BCUT2D eigenvalue weighted by molar-refractivity contribution is 6.75. The van der Waals surface area contributed by atoms with Gasteiger partial charge in [0.2, 0.25) is 0 Å². The molecule has 680 valence electrons. The van der Waals surface area contributed by atoms with Crippen LogP contribution < -0.4 is 0 Å². The Kier molecular flexibility index (Phi) is 34.9. The van der Waals surface area contributed by atoms with Crippen LogP contribution in [-0.4, -0.2) is 268 Å². The molecule has 0 aliphatic carbocycles. The van der Waals surface area contributed by atoms with Crippen LogP contribution in [0.5, 0.6) is 0 Å². The van der Waals surface area contributed by atoms with Crippen molar-refractivity contribution in [3.05, 3.63) is 12.7 Å². The lowest BCUT2D eigenvalue weighted by Gasteiger charge is -2.53. The Bertz CT molecular complexity index is 3350. The highest BCUT2D eigenvalue weighted by Gasteiger charge is 2.63. The lowest BCUT2D eigenvalue weighted by Crippen LogP contribution is -2.69. The summed E-state index contributed by atoms with van der Waals surface area (Å²) in [6.07, 6.45) is -34.2. The molecule has 0 spiro atoms. The molecular formula is C83H146O31Si4. The van der Waals surface area contributed by atoms with E-state index in [-0.39, 0.29) is 61.0 Å². The molecule has 12 bridgehead atoms. The van der Waals surface area contributed by atoms with Gasteiger partial charge in [-0.2, -0.15) is 0 Å². The fourth-order valence-electron chi connectivity index (χ4n) is 14.7. The largest absolute Gasteiger partial charge is 0.459 e. The molecule has 16 fully saturated rings. The number of hydrogen-bond acceptors (Lipinski definition) is 31. The summed E-state index contributed by atoms with van der Waals surface area (Å²) in [6.45, 7) is 64.6. The van der Waals surface area contributed by atoms with Crippen molar-refractivity contribution >= 4 is 75.1 Å². The third kappa shape index (κ3) is 24.9. The Morgan fingerprint density at radius 3 is 0.831 bits per heavy atom. The third-order valence-electron chi connectivity index (χ3n) is 25.9. The van der Waals surface area contributed by atoms with Crippen LogP contribution in [0.25, 0.3) is 0 Å². The number of carbonyl (C=O) groups is 7. The van der Waals surface area contributed by atoms with E-state index < -0.39 is 264 Å². The summed E-state index contributed by atoms with van der Waals surface area (Å²) < 4.78 is 166. The van der Waals surface area contributed by atoms with Gasteiger partial charge in [-0.15, -0.1) is 6.58 Å². The van der Waals surface area contributed by atoms with Crippen LogP contribution in [0, 0.1) is 23.7 Å². The smallest absolute Gasteiger partial charge is 0.303 e. The standard InChI is InChI=1S/C83H146O31Si4/c1-35-38-91-71-68(98-49(10)86)64-54(36-2)103-77(71)111-65-55(37-3)104-78(72(101-52(13)89)69(65)99-50(11)87)113-66-58(41-94-117(31,32)82(21,22)23)106-75(46(7)62(66)96-47(8)84)109-60-43(4)44(5)74(105-56(60)39-92-115(27,28)80(15,16)17)110-61-45(6)63(97-48(9)85)76(107-57(61)40-93-116(29,30)81(18,19)20)114-67-59(42-95-118(33,34)83(24,25)26)108-79(112-64)73(102-53(14)90)70(67)100-51(12)88/h35,43-46,54-79H,1,36-42H2,2-34H3/t43-,44-,45+,46-,54-,55-,56-,57-,58-,59-,60+,61+,62-,63-,64-,65-,66-,67-,68+,69+,70+,71-,72-,73-,74-,75-,76-,77-,78-,79-/m1/s1. The second kappa shape index (κ2) is 40.7. The Hall–Kier alpha value is -3.78. The van der Waals surface area contributed by atoms with Crippen molar-refractivity contribution in [3.63, 3.8) is 0 Å². The number of ether oxygens (including phenoxy) is 20. The van der Waals surface area contributed by atoms with E-state index in [1.54, 1.807) is 20.8 Å². The van der Waals surface area contributed by atoms with Crippen molar-refractivity contribution in [1.29, 1.82) is 0 Å². The molecule has 16 rings (SSSR count). The van der Waals surface area contributed by atoms with Gasteiger partial charge in [0.1, 0.15) is 61.0 Å². The van der Waals surface area contributed by atoms with Crippen LogP contribution >= 0.6 is 0 Å². The van der Waals surface area contributed by atoms with Gasteiger partial charge in [0, 0.05) is 66.2 Å². The fraction of sp³-hybridized carbons (Fsp3) is 0.892. The highest BCUT2D eigenvalue weighted by atomic mass is 28.4. The van der Waals surface area contributed by atoms with E-state index in [0.29, 0.717) is 0 Å². The quantitative estimate of drug-likeness (QED) is 0.0375. The Morgan fingerprint density at radius 1 is 0.288 bits per heavy atom. The maximum absolute atomic E-state index is 14.1. The van der Waals surface area contributed by atoms with Crippen LogP contribution in [0.4, 0.5) is 0 Å². The Labute approximate surface area is 705 Å². The molecule has 0 amide bonds. The number of esters is 7. The van der Waals surface area contributed by atoms with E-state index in [0.717, 1.165) is 13.8 Å². The summed E-state index contributed by atoms with van der Waals surface area (Å²) >= 11 is 0. The maximum atomic E-state index is 14.1. The third-order valence-corrected chi connectivity index (χ3v) is 43.9. The topological polar surface area (TPSA) is 341 Å². The van der Waals surface area contributed by atoms with Gasteiger partial charge < -0.3 is 112 Å². The molecule has 31 nitrogen and oxygen atoms in total. The highest BCUT2D eigenvalue weighted by Crippen LogP contribution is 2.49. The van der Waals surface area contributed by atoms with Crippen LogP contribution in [0.3, 0.4) is 0 Å². The predicted octanol–water partition coefficient (Wildman–Crippen LogP) is 12.2. The molecule has 118 heavy (non-hydrogen) atoms. The SMILES string of the molecule is C=CCO[C@H]1[C@H]2O[C@H]3[C@H](OC(C)=O)[C@@H](OC(C)=O)[C@@H](O[C@H]4[C@H](OC(C)=O)[C@@H](C)[C@@H](O[C@H]5[C@H](C)[C@@H](C)[C@@H](O[C@H]6[C@H](C)[C@@H](OC(C)=O)[C@@H](O[C@H]7[C@H](OC(C)=O)[C@@H](OC(C)=O)[C@@H](O[C@@H]([C@@H]1OC(C)=O)[C@@H](CC)O2)O[C@@H]7CO[Si](C)(C)C(C)(C)C)O[C@@H]6CO[Si](C)(C)C(C)(C)C)O[C@@H]5CO[Si](C)(C)C(C)(C)C)O[C@@H]4CO[Si](C)(C)C(C)(C)C)O[C@@H]3CC. The Balaban J connectivity index is 1.55. The van der Waals surface area contributed by atoms with Crippen molar-refractivity contribution in [3.8, 4) is 0 Å². The van der Waals surface area contributed by atoms with Gasteiger partial charge in [0.05, 0.1) is 57.5 Å². The molecule has 16 aliphatic rings. The van der Waals surface area contributed by atoms with Gasteiger partial charge in [-0.3, -0.25) is 33.6 Å². The van der Waals surface area contributed by atoms with Crippen molar-refractivity contribution < 1.29 is 146 Å². The van der Waals surface area contributed by atoms with E-state index in [9.17, 15) is 33.6 Å². The zero-order valence-electron chi connectivity index (χ0n) is 76.7. The van der Waals surface area contributed by atoms with Gasteiger partial charge in [-0.25, -0.2) is 0 Å². The molecule has 16 aliphatic heterocycles. The van der Waals surface area contributed by atoms with Crippen molar-refractivity contribution in [2.24, 2.45) is 23.7 Å². The second-order valence-electron chi connectivity index (χ2n) is 39.0. The van der Waals surface area contributed by atoms with E-state index in [1.807, 2.05) is 33.9 Å². The van der Waals surface area contributed by atoms with Crippen LogP contribution in [0.15, 0.2) is 12.7 Å². The zero-order valence-corrected chi connectivity index (χ0v) is 80.7. The predicted molar refractivity (Wildman–Crippen MR) is 440 cm³/mol. The van der Waals surface area contributed by atoms with Gasteiger partial charge in [-0.1, -0.05) is 131 Å². The number of rotatable bonds is 24. The minimum Gasteiger partial charge on any atom is -0.459 e. The lowest BCUT2D eigenvalue weighted by atomic mass is 9.83. The molecular weight excluding hydrogens is 1610 g/mol. The molecule has 0 unspecified atom stereocenters. The molecule has 30 atom stereocenters. The van der Waals surface area contributed by atoms with Gasteiger partial charge >= 0.3 is 41.8 Å². The molecule has 0 aromatic carbocycles. The molecule has 0 aromatic heterocycles. The first-order chi connectivity index (χ1) is 54.3. The summed E-state index contributed by atoms with van der Waals surface area (Å²) in [4.78, 5) is 97.5. The first-order valence-electron chi connectivity index (χ1n) is 42.1. The van der Waals surface area contributed by atoms with Crippen molar-refractivity contribution in [2.45, 2.75) is 418 Å². The first kappa shape index (κ1) is 101. The number of carbonyl (C=O) groups excluding carboxylic acids is 7. The summed E-state index contributed by atoms with van der Waals surface area (Å²) in [5.41, 5.74) is 0. The van der Waals surface area contributed by atoms with Crippen LogP contribution in [-0.2, 0) is 146 Å². The summed E-state index contributed by atoms with van der Waals surface area (Å²) in [5.74, 6) is -8.37. The van der Waals surface area contributed by atoms with E-state index in [2.05, 4.69) is 129 Å². The van der Waals surface area contributed by atoms with Gasteiger partial charge in [-0.05, 0) is 91.3 Å². The molecule has 35 heteroatoms. The van der Waals surface area contributed by atoms with Gasteiger partial charge in [0.25, 0.3) is 0 Å². The molecule has 0 aromatic rings. The monoisotopic (exact) mass is 1750 g/mol. The number of hydrogen-bond donors (Lipinski definition) is 0. The molecule has 16 heterocycles.